The van der Waals surface area contributed by atoms with Gasteiger partial charge in [-0.2, -0.15) is 4.31 Å². The Bertz CT molecular complexity index is 1020. The molecule has 134 valence electrons. The van der Waals surface area contributed by atoms with E-state index in [9.17, 15) is 8.42 Å². The minimum Gasteiger partial charge on any atom is -0.341 e. The topological polar surface area (TPSA) is 66.1 Å². The molecule has 6 heteroatoms. The Labute approximate surface area is 153 Å². The number of rotatable bonds is 4. The maximum absolute atomic E-state index is 12.9. The summed E-state index contributed by atoms with van der Waals surface area (Å²) in [6, 6.07) is 15.3. The molecule has 1 fully saturated rings. The summed E-state index contributed by atoms with van der Waals surface area (Å²) in [5, 5.41) is 1.30. The molecule has 26 heavy (non-hydrogen) atoms. The molecule has 2 heterocycles. The molecule has 1 N–H and O–H groups in total. The van der Waals surface area contributed by atoms with E-state index in [0.717, 1.165) is 40.8 Å². The number of nitrogens with zero attached hydrogens (tertiary/aromatic N) is 2. The smallest absolute Gasteiger partial charge is 0.236 e. The van der Waals surface area contributed by atoms with Crippen molar-refractivity contribution >= 4 is 27.1 Å². The largest absolute Gasteiger partial charge is 0.341 e. The van der Waals surface area contributed by atoms with Gasteiger partial charge in [0.2, 0.25) is 10.0 Å². The monoisotopic (exact) mass is 367 g/mol. The number of hydrogen-bond donors (Lipinski definition) is 1. The molecular formula is C20H21N3O2S. The van der Waals surface area contributed by atoms with Crippen molar-refractivity contribution in [3.05, 3.63) is 70.9 Å². The molecule has 0 aliphatic carbocycles. The van der Waals surface area contributed by atoms with Gasteiger partial charge in [0.15, 0.2) is 0 Å². The van der Waals surface area contributed by atoms with Crippen LogP contribution in [0.2, 0.25) is 0 Å². The zero-order valence-corrected chi connectivity index (χ0v) is 15.4. The minimum atomic E-state index is -3.51. The van der Waals surface area contributed by atoms with E-state index in [4.69, 9.17) is 0 Å². The van der Waals surface area contributed by atoms with Gasteiger partial charge in [0.25, 0.3) is 0 Å². The summed E-state index contributed by atoms with van der Waals surface area (Å²) in [7, 11) is -3.51. The molecule has 0 amide bonds. The van der Waals surface area contributed by atoms with Crippen molar-refractivity contribution in [2.24, 2.45) is 0 Å². The molecule has 4 rings (SSSR count). The van der Waals surface area contributed by atoms with Gasteiger partial charge in [-0.25, -0.2) is 13.4 Å². The van der Waals surface area contributed by atoms with Crippen LogP contribution in [0.5, 0.6) is 0 Å². The molecule has 1 aliphatic heterocycles. The molecule has 0 radical (unpaired) electrons. The lowest BCUT2D eigenvalue weighted by molar-refractivity contribution is 0.391. The van der Waals surface area contributed by atoms with Gasteiger partial charge < -0.3 is 4.98 Å². The third-order valence-electron chi connectivity index (χ3n) is 4.76. The van der Waals surface area contributed by atoms with Crippen LogP contribution in [0.25, 0.3) is 17.1 Å². The summed E-state index contributed by atoms with van der Waals surface area (Å²) in [5.74, 6) is 0.719. The first-order valence-corrected chi connectivity index (χ1v) is 10.2. The fourth-order valence-corrected chi connectivity index (χ4v) is 4.80. The second kappa shape index (κ2) is 6.70. The lowest BCUT2D eigenvalue weighted by Crippen LogP contribution is -2.29. The summed E-state index contributed by atoms with van der Waals surface area (Å²) in [6.07, 6.45) is 3.26. The number of aryl methyl sites for hydroxylation is 1. The first-order valence-electron chi connectivity index (χ1n) is 8.74. The number of H-pyrrole nitrogens is 1. The minimum absolute atomic E-state index is 0.241. The van der Waals surface area contributed by atoms with Gasteiger partial charge in [0.05, 0.1) is 17.1 Å². The van der Waals surface area contributed by atoms with Crippen LogP contribution in [0.3, 0.4) is 0 Å². The van der Waals surface area contributed by atoms with Gasteiger partial charge in [-0.1, -0.05) is 42.0 Å². The fraction of sp³-hybridized carbons (Fsp3) is 0.250. The molecular weight excluding hydrogens is 346 g/mol. The quantitative estimate of drug-likeness (QED) is 0.758. The molecule has 1 aliphatic rings. The average Bonchev–Trinajstić information content (AvgIpc) is 3.28. The third-order valence-corrected chi connectivity index (χ3v) is 6.33. The highest BCUT2D eigenvalue weighted by Crippen LogP contribution is 2.34. The lowest BCUT2D eigenvalue weighted by Gasteiger charge is -2.20. The Morgan fingerprint density at radius 2 is 1.92 bits per heavy atom. The van der Waals surface area contributed by atoms with Crippen molar-refractivity contribution in [3.8, 4) is 0 Å². The van der Waals surface area contributed by atoms with Crippen molar-refractivity contribution in [1.82, 2.24) is 14.3 Å². The van der Waals surface area contributed by atoms with Crippen molar-refractivity contribution in [2.45, 2.75) is 25.8 Å². The number of hydrogen-bond acceptors (Lipinski definition) is 3. The normalized spacial score (nSPS) is 18.9. The average molecular weight is 367 g/mol. The number of aromatic nitrogens is 2. The molecule has 1 saturated heterocycles. The van der Waals surface area contributed by atoms with Crippen LogP contribution in [-0.2, 0) is 10.0 Å². The van der Waals surface area contributed by atoms with E-state index in [-0.39, 0.29) is 6.04 Å². The Morgan fingerprint density at radius 1 is 1.15 bits per heavy atom. The van der Waals surface area contributed by atoms with Crippen molar-refractivity contribution in [3.63, 3.8) is 0 Å². The number of imidazole rings is 1. The second-order valence-corrected chi connectivity index (χ2v) is 8.44. The van der Waals surface area contributed by atoms with Gasteiger partial charge in [0.1, 0.15) is 5.82 Å². The van der Waals surface area contributed by atoms with Crippen LogP contribution >= 0.6 is 0 Å². The lowest BCUT2D eigenvalue weighted by atomic mass is 10.2. The first kappa shape index (κ1) is 17.0. The van der Waals surface area contributed by atoms with E-state index >= 15 is 0 Å². The van der Waals surface area contributed by atoms with Crippen molar-refractivity contribution < 1.29 is 8.42 Å². The van der Waals surface area contributed by atoms with Crippen LogP contribution in [0, 0.1) is 6.92 Å². The summed E-state index contributed by atoms with van der Waals surface area (Å²) in [4.78, 5) is 7.88. The number of nitrogens with one attached hydrogen (secondary N) is 1. The molecule has 1 atom stereocenters. The summed E-state index contributed by atoms with van der Waals surface area (Å²) < 4.78 is 27.3. The Balaban J connectivity index is 1.61. The van der Waals surface area contributed by atoms with E-state index < -0.39 is 10.0 Å². The number of benzene rings is 2. The molecule has 5 nitrogen and oxygen atoms in total. The predicted molar refractivity (Wildman–Crippen MR) is 104 cm³/mol. The zero-order chi connectivity index (χ0) is 18.1. The second-order valence-electron chi connectivity index (χ2n) is 6.67. The number of sulfonamides is 1. The predicted octanol–water partition coefficient (Wildman–Crippen LogP) is 4.01. The van der Waals surface area contributed by atoms with E-state index in [1.54, 1.807) is 10.4 Å². The highest BCUT2D eigenvalue weighted by atomic mass is 32.2. The van der Waals surface area contributed by atoms with E-state index in [1.165, 1.54) is 5.41 Å². The highest BCUT2D eigenvalue weighted by Gasteiger charge is 2.35. The molecule has 0 bridgehead atoms. The van der Waals surface area contributed by atoms with E-state index in [2.05, 4.69) is 9.97 Å². The van der Waals surface area contributed by atoms with Crippen molar-refractivity contribution in [1.29, 1.82) is 0 Å². The molecule has 1 unspecified atom stereocenters. The standard InChI is InChI=1S/C20H21N3O2S/c1-15-8-10-16(11-9-15)12-14-26(24,25)23-13-4-7-19(23)20-21-17-5-2-3-6-18(17)22-20/h2-3,5-6,8-12,14,19H,4,7,13H2,1H3,(H,21,22)/b14-12+. The third kappa shape index (κ3) is 3.30. The number of aromatic amines is 1. The van der Waals surface area contributed by atoms with E-state index in [1.807, 2.05) is 55.5 Å². The number of para-hydroxylation sites is 2. The van der Waals surface area contributed by atoms with Crippen LogP contribution in [0.4, 0.5) is 0 Å². The van der Waals surface area contributed by atoms with Gasteiger partial charge in [0, 0.05) is 12.0 Å². The maximum atomic E-state index is 12.9. The van der Waals surface area contributed by atoms with Crippen LogP contribution in [0.15, 0.2) is 53.9 Å². The summed E-state index contributed by atoms with van der Waals surface area (Å²) >= 11 is 0. The molecule has 0 spiro atoms. The van der Waals surface area contributed by atoms with Gasteiger partial charge in [-0.3, -0.25) is 0 Å². The van der Waals surface area contributed by atoms with Gasteiger partial charge in [-0.05, 0) is 43.5 Å². The molecule has 2 aromatic carbocycles. The summed E-state index contributed by atoms with van der Waals surface area (Å²) in [5.41, 5.74) is 3.82. The maximum Gasteiger partial charge on any atom is 0.236 e. The van der Waals surface area contributed by atoms with Gasteiger partial charge in [-0.15, -0.1) is 0 Å². The zero-order valence-electron chi connectivity index (χ0n) is 14.6. The Kier molecular flexibility index (Phi) is 4.38. The molecule has 1 aromatic heterocycles. The summed E-state index contributed by atoms with van der Waals surface area (Å²) in [6.45, 7) is 2.52. The van der Waals surface area contributed by atoms with Crippen molar-refractivity contribution in [2.75, 3.05) is 6.54 Å². The highest BCUT2D eigenvalue weighted by molar-refractivity contribution is 7.92. The molecule has 3 aromatic rings. The van der Waals surface area contributed by atoms with Gasteiger partial charge >= 0.3 is 0 Å². The van der Waals surface area contributed by atoms with E-state index in [0.29, 0.717) is 6.54 Å². The fourth-order valence-electron chi connectivity index (χ4n) is 3.37. The van der Waals surface area contributed by atoms with Crippen LogP contribution < -0.4 is 0 Å². The Morgan fingerprint density at radius 3 is 2.69 bits per heavy atom. The van der Waals surface area contributed by atoms with Crippen LogP contribution in [-0.4, -0.2) is 29.2 Å². The number of fused-ring (bicyclic) bond motifs is 1. The van der Waals surface area contributed by atoms with Crippen LogP contribution in [0.1, 0.15) is 35.8 Å². The Hall–Kier alpha value is -2.44. The SMILES string of the molecule is Cc1ccc(/C=C/S(=O)(=O)N2CCCC2c2nc3ccccc3[nH]2)cc1. The first-order chi connectivity index (χ1) is 12.5. The molecule has 0 saturated carbocycles.